The van der Waals surface area contributed by atoms with Gasteiger partial charge in [-0.05, 0) is 39.8 Å². The lowest BCUT2D eigenvalue weighted by molar-refractivity contribution is -0.158. The zero-order valence-corrected chi connectivity index (χ0v) is 12.0. The van der Waals surface area contributed by atoms with Crippen molar-refractivity contribution in [2.75, 3.05) is 0 Å². The van der Waals surface area contributed by atoms with Crippen LogP contribution in [0.3, 0.4) is 0 Å². The maximum absolute atomic E-state index is 12.3. The Labute approximate surface area is 116 Å². The summed E-state index contributed by atoms with van der Waals surface area (Å²) in [5.74, 6) is -0.510. The molecule has 0 bridgehead atoms. The molecule has 1 aromatic carbocycles. The summed E-state index contributed by atoms with van der Waals surface area (Å²) in [6.45, 7) is 6.88. The summed E-state index contributed by atoms with van der Waals surface area (Å²) in [7, 11) is 0. The monoisotopic (exact) mass is 275 g/mol. The molecule has 0 saturated carbocycles. The van der Waals surface area contributed by atoms with E-state index < -0.39 is 17.6 Å². The standard InChI is InChI=1S/C14H17N3O3/c1-9(13(19)20-14(2,3)4)17-12(18)10-7-5-6-8-11(10)15-16-17/h5-9H,1-4H3. The number of hydrogen-bond donors (Lipinski definition) is 0. The lowest BCUT2D eigenvalue weighted by atomic mass is 10.2. The summed E-state index contributed by atoms with van der Waals surface area (Å²) >= 11 is 0. The summed E-state index contributed by atoms with van der Waals surface area (Å²) in [6.07, 6.45) is 0. The SMILES string of the molecule is CC(C(=O)OC(C)(C)C)n1nnc2ccccc2c1=O. The Morgan fingerprint density at radius 1 is 1.30 bits per heavy atom. The number of esters is 1. The predicted molar refractivity (Wildman–Crippen MR) is 74.4 cm³/mol. The summed E-state index contributed by atoms with van der Waals surface area (Å²) in [6, 6.07) is 6.06. The molecule has 0 N–H and O–H groups in total. The highest BCUT2D eigenvalue weighted by atomic mass is 16.6. The van der Waals surface area contributed by atoms with Crippen molar-refractivity contribution in [2.24, 2.45) is 0 Å². The van der Waals surface area contributed by atoms with Gasteiger partial charge in [0.2, 0.25) is 0 Å². The van der Waals surface area contributed by atoms with Crippen LogP contribution in [0.25, 0.3) is 10.9 Å². The Hall–Kier alpha value is -2.24. The number of ether oxygens (including phenoxy) is 1. The first-order valence-electron chi connectivity index (χ1n) is 6.37. The van der Waals surface area contributed by atoms with Crippen molar-refractivity contribution in [3.8, 4) is 0 Å². The molecule has 106 valence electrons. The van der Waals surface area contributed by atoms with E-state index in [2.05, 4.69) is 10.3 Å². The van der Waals surface area contributed by atoms with Gasteiger partial charge in [0.05, 0.1) is 5.39 Å². The highest BCUT2D eigenvalue weighted by Crippen LogP contribution is 2.13. The van der Waals surface area contributed by atoms with Gasteiger partial charge in [-0.15, -0.1) is 5.10 Å². The molecule has 6 heteroatoms. The van der Waals surface area contributed by atoms with Gasteiger partial charge in [0, 0.05) is 0 Å². The number of fused-ring (bicyclic) bond motifs is 1. The Morgan fingerprint density at radius 3 is 2.60 bits per heavy atom. The topological polar surface area (TPSA) is 74.1 Å². The number of benzene rings is 1. The van der Waals surface area contributed by atoms with E-state index in [9.17, 15) is 9.59 Å². The Balaban J connectivity index is 2.40. The number of hydrogen-bond acceptors (Lipinski definition) is 5. The van der Waals surface area contributed by atoms with Gasteiger partial charge in [-0.1, -0.05) is 17.3 Å². The summed E-state index contributed by atoms with van der Waals surface area (Å²) < 4.78 is 6.31. The minimum absolute atomic E-state index is 0.353. The van der Waals surface area contributed by atoms with Gasteiger partial charge in [0.15, 0.2) is 6.04 Å². The smallest absolute Gasteiger partial charge is 0.331 e. The van der Waals surface area contributed by atoms with Crippen LogP contribution in [0.5, 0.6) is 0 Å². The molecule has 2 aromatic rings. The highest BCUT2D eigenvalue weighted by molar-refractivity contribution is 5.78. The van der Waals surface area contributed by atoms with Crippen LogP contribution in [0.1, 0.15) is 33.7 Å². The first-order chi connectivity index (χ1) is 9.29. The second-order valence-corrected chi connectivity index (χ2v) is 5.57. The molecular formula is C14H17N3O3. The fourth-order valence-corrected chi connectivity index (χ4v) is 1.74. The van der Waals surface area contributed by atoms with Gasteiger partial charge in [0.1, 0.15) is 11.1 Å². The number of aromatic nitrogens is 3. The Morgan fingerprint density at radius 2 is 1.95 bits per heavy atom. The molecule has 20 heavy (non-hydrogen) atoms. The summed E-state index contributed by atoms with van der Waals surface area (Å²) in [5, 5.41) is 8.19. The molecule has 6 nitrogen and oxygen atoms in total. The molecule has 0 radical (unpaired) electrons. The Bertz CT molecular complexity index is 701. The van der Waals surface area contributed by atoms with E-state index in [1.807, 2.05) is 0 Å². The lowest BCUT2D eigenvalue weighted by Gasteiger charge is -2.22. The van der Waals surface area contributed by atoms with Crippen LogP contribution in [0.15, 0.2) is 29.1 Å². The largest absolute Gasteiger partial charge is 0.458 e. The fraction of sp³-hybridized carbons (Fsp3) is 0.429. The maximum Gasteiger partial charge on any atom is 0.331 e. The maximum atomic E-state index is 12.3. The van der Waals surface area contributed by atoms with Crippen molar-refractivity contribution >= 4 is 16.9 Å². The number of carbonyl (C=O) groups is 1. The molecule has 0 amide bonds. The van der Waals surface area contributed by atoms with Crippen molar-refractivity contribution in [1.82, 2.24) is 15.0 Å². The van der Waals surface area contributed by atoms with Gasteiger partial charge in [-0.3, -0.25) is 4.79 Å². The summed E-state index contributed by atoms with van der Waals surface area (Å²) in [4.78, 5) is 24.3. The zero-order valence-electron chi connectivity index (χ0n) is 12.0. The van der Waals surface area contributed by atoms with Crippen molar-refractivity contribution in [1.29, 1.82) is 0 Å². The predicted octanol–water partition coefficient (Wildman–Crippen LogP) is 1.69. The van der Waals surface area contributed by atoms with E-state index in [-0.39, 0.29) is 5.56 Å². The van der Waals surface area contributed by atoms with Gasteiger partial charge < -0.3 is 4.74 Å². The van der Waals surface area contributed by atoms with Gasteiger partial charge in [-0.2, -0.15) is 4.68 Å². The van der Waals surface area contributed by atoms with Gasteiger partial charge in [0.25, 0.3) is 5.56 Å². The lowest BCUT2D eigenvalue weighted by Crippen LogP contribution is -2.35. The molecule has 1 atom stereocenters. The fourth-order valence-electron chi connectivity index (χ4n) is 1.74. The van der Waals surface area contributed by atoms with Gasteiger partial charge in [-0.25, -0.2) is 4.79 Å². The molecular weight excluding hydrogens is 258 g/mol. The average molecular weight is 275 g/mol. The van der Waals surface area contributed by atoms with Crippen molar-refractivity contribution in [3.63, 3.8) is 0 Å². The first kappa shape index (κ1) is 14.2. The molecule has 1 heterocycles. The third kappa shape index (κ3) is 2.84. The van der Waals surface area contributed by atoms with E-state index in [0.29, 0.717) is 10.9 Å². The average Bonchev–Trinajstić information content (AvgIpc) is 2.37. The molecule has 1 aromatic heterocycles. The minimum atomic E-state index is -0.821. The van der Waals surface area contributed by atoms with Crippen molar-refractivity contribution in [2.45, 2.75) is 39.3 Å². The Kier molecular flexibility index (Phi) is 3.57. The van der Waals surface area contributed by atoms with Crippen LogP contribution in [0.2, 0.25) is 0 Å². The molecule has 0 fully saturated rings. The molecule has 1 unspecified atom stereocenters. The van der Waals surface area contributed by atoms with E-state index in [0.717, 1.165) is 4.68 Å². The van der Waals surface area contributed by atoms with Crippen LogP contribution in [0.4, 0.5) is 0 Å². The quantitative estimate of drug-likeness (QED) is 0.780. The van der Waals surface area contributed by atoms with E-state index in [1.54, 1.807) is 52.0 Å². The third-order valence-corrected chi connectivity index (χ3v) is 2.71. The van der Waals surface area contributed by atoms with Crippen LogP contribution in [0, 0.1) is 0 Å². The van der Waals surface area contributed by atoms with Crippen LogP contribution < -0.4 is 5.56 Å². The minimum Gasteiger partial charge on any atom is -0.458 e. The van der Waals surface area contributed by atoms with Crippen LogP contribution >= 0.6 is 0 Å². The second-order valence-electron chi connectivity index (χ2n) is 5.57. The van der Waals surface area contributed by atoms with E-state index in [4.69, 9.17) is 4.74 Å². The van der Waals surface area contributed by atoms with Crippen LogP contribution in [-0.4, -0.2) is 26.6 Å². The number of rotatable bonds is 2. The third-order valence-electron chi connectivity index (χ3n) is 2.71. The number of carbonyl (C=O) groups excluding carboxylic acids is 1. The molecule has 0 saturated heterocycles. The molecule has 0 spiro atoms. The molecule has 2 rings (SSSR count). The molecule has 0 aliphatic heterocycles. The van der Waals surface area contributed by atoms with Crippen LogP contribution in [-0.2, 0) is 9.53 Å². The highest BCUT2D eigenvalue weighted by Gasteiger charge is 2.25. The van der Waals surface area contributed by atoms with Crippen molar-refractivity contribution in [3.05, 3.63) is 34.6 Å². The van der Waals surface area contributed by atoms with E-state index >= 15 is 0 Å². The second kappa shape index (κ2) is 5.03. The first-order valence-corrected chi connectivity index (χ1v) is 6.37. The zero-order chi connectivity index (χ0) is 14.9. The number of nitrogens with zero attached hydrogens (tertiary/aromatic N) is 3. The molecule has 0 aliphatic rings. The normalized spacial score (nSPS) is 13.2. The van der Waals surface area contributed by atoms with Crippen molar-refractivity contribution < 1.29 is 9.53 Å². The van der Waals surface area contributed by atoms with Gasteiger partial charge >= 0.3 is 5.97 Å². The van der Waals surface area contributed by atoms with E-state index in [1.165, 1.54) is 0 Å². The summed E-state index contributed by atoms with van der Waals surface area (Å²) in [5.41, 5.74) is -0.460. The molecule has 0 aliphatic carbocycles.